The standard InChI is InChI=1S/C13H16FN5O2/c1-9(8-21-2)15-12(20)7-19-17-13(16-18-19)10-3-5-11(14)6-4-10/h3-6,9H,7-8H2,1-2H3,(H,15,20)/t9-/m0/s1. The highest BCUT2D eigenvalue weighted by atomic mass is 19.1. The Balaban J connectivity index is 1.97. The average Bonchev–Trinajstić information content (AvgIpc) is 2.88. The number of aromatic nitrogens is 4. The Morgan fingerprint density at radius 2 is 2.14 bits per heavy atom. The second-order valence-electron chi connectivity index (χ2n) is 4.57. The van der Waals surface area contributed by atoms with Crippen molar-refractivity contribution in [2.24, 2.45) is 0 Å². The molecule has 1 amide bonds. The van der Waals surface area contributed by atoms with Crippen LogP contribution in [0.25, 0.3) is 11.4 Å². The van der Waals surface area contributed by atoms with E-state index in [0.29, 0.717) is 18.0 Å². The van der Waals surface area contributed by atoms with Gasteiger partial charge in [-0.15, -0.1) is 10.2 Å². The Morgan fingerprint density at radius 3 is 2.81 bits per heavy atom. The van der Waals surface area contributed by atoms with Crippen LogP contribution in [-0.4, -0.2) is 45.9 Å². The van der Waals surface area contributed by atoms with Gasteiger partial charge in [-0.25, -0.2) is 4.39 Å². The summed E-state index contributed by atoms with van der Waals surface area (Å²) in [7, 11) is 1.57. The first-order valence-electron chi connectivity index (χ1n) is 6.40. The summed E-state index contributed by atoms with van der Waals surface area (Å²) in [6.07, 6.45) is 0. The Bertz CT molecular complexity index is 599. The molecular formula is C13H16FN5O2. The first-order valence-corrected chi connectivity index (χ1v) is 6.40. The second kappa shape index (κ2) is 6.89. The maximum Gasteiger partial charge on any atom is 0.243 e. The molecule has 7 nitrogen and oxygen atoms in total. The molecule has 0 unspecified atom stereocenters. The van der Waals surface area contributed by atoms with Gasteiger partial charge >= 0.3 is 0 Å². The predicted octanol–water partition coefficient (Wildman–Crippen LogP) is 0.630. The number of nitrogens with one attached hydrogen (secondary N) is 1. The van der Waals surface area contributed by atoms with Crippen LogP contribution in [0, 0.1) is 5.82 Å². The van der Waals surface area contributed by atoms with Crippen LogP contribution >= 0.6 is 0 Å². The minimum Gasteiger partial charge on any atom is -0.383 e. The van der Waals surface area contributed by atoms with Crippen molar-refractivity contribution in [1.29, 1.82) is 0 Å². The minimum atomic E-state index is -0.336. The van der Waals surface area contributed by atoms with Crippen molar-refractivity contribution < 1.29 is 13.9 Å². The summed E-state index contributed by atoms with van der Waals surface area (Å²) in [5, 5.41) is 14.5. The van der Waals surface area contributed by atoms with Gasteiger partial charge in [0.2, 0.25) is 11.7 Å². The van der Waals surface area contributed by atoms with E-state index in [0.717, 1.165) is 0 Å². The Labute approximate surface area is 121 Å². The number of amides is 1. The van der Waals surface area contributed by atoms with Gasteiger partial charge in [0.25, 0.3) is 0 Å². The molecule has 1 N–H and O–H groups in total. The summed E-state index contributed by atoms with van der Waals surface area (Å²) in [6, 6.07) is 5.64. The van der Waals surface area contributed by atoms with Crippen LogP contribution < -0.4 is 5.32 Å². The molecule has 2 rings (SSSR count). The highest BCUT2D eigenvalue weighted by Crippen LogP contribution is 2.13. The normalized spacial score (nSPS) is 12.1. The highest BCUT2D eigenvalue weighted by molar-refractivity contribution is 5.75. The maximum absolute atomic E-state index is 12.8. The van der Waals surface area contributed by atoms with E-state index in [2.05, 4.69) is 20.7 Å². The van der Waals surface area contributed by atoms with Crippen LogP contribution in [0.3, 0.4) is 0 Å². The number of tetrazole rings is 1. The van der Waals surface area contributed by atoms with Crippen LogP contribution in [0.5, 0.6) is 0 Å². The van der Waals surface area contributed by atoms with E-state index in [-0.39, 0.29) is 24.3 Å². The van der Waals surface area contributed by atoms with Gasteiger partial charge in [-0.05, 0) is 36.4 Å². The maximum atomic E-state index is 12.8. The molecule has 0 aliphatic carbocycles. The number of hydrogen-bond donors (Lipinski definition) is 1. The van der Waals surface area contributed by atoms with E-state index >= 15 is 0 Å². The fraction of sp³-hybridized carbons (Fsp3) is 0.385. The van der Waals surface area contributed by atoms with Crippen molar-refractivity contribution >= 4 is 5.91 Å². The monoisotopic (exact) mass is 293 g/mol. The number of ether oxygens (including phenoxy) is 1. The summed E-state index contributed by atoms with van der Waals surface area (Å²) in [6.45, 7) is 2.22. The molecule has 0 saturated carbocycles. The van der Waals surface area contributed by atoms with E-state index in [9.17, 15) is 9.18 Å². The number of benzene rings is 1. The fourth-order valence-corrected chi connectivity index (χ4v) is 1.77. The van der Waals surface area contributed by atoms with E-state index in [1.54, 1.807) is 19.2 Å². The Kier molecular flexibility index (Phi) is 4.94. The SMILES string of the molecule is COC[C@H](C)NC(=O)Cn1nnc(-c2ccc(F)cc2)n1. The third-order valence-corrected chi connectivity index (χ3v) is 2.66. The molecule has 21 heavy (non-hydrogen) atoms. The van der Waals surface area contributed by atoms with Crippen molar-refractivity contribution in [3.63, 3.8) is 0 Å². The molecule has 0 aliphatic rings. The highest BCUT2D eigenvalue weighted by Gasteiger charge is 2.11. The van der Waals surface area contributed by atoms with Crippen molar-refractivity contribution in [3.8, 4) is 11.4 Å². The number of nitrogens with zero attached hydrogens (tertiary/aromatic N) is 4. The summed E-state index contributed by atoms with van der Waals surface area (Å²) in [4.78, 5) is 12.9. The van der Waals surface area contributed by atoms with Gasteiger partial charge < -0.3 is 10.1 Å². The zero-order valence-corrected chi connectivity index (χ0v) is 11.8. The fourth-order valence-electron chi connectivity index (χ4n) is 1.77. The molecule has 0 spiro atoms. The Hall–Kier alpha value is -2.35. The molecule has 0 aliphatic heterocycles. The van der Waals surface area contributed by atoms with E-state index in [1.165, 1.54) is 16.9 Å². The first kappa shape index (κ1) is 15.0. The largest absolute Gasteiger partial charge is 0.383 e. The van der Waals surface area contributed by atoms with Gasteiger partial charge in [-0.2, -0.15) is 4.80 Å². The molecule has 0 radical (unpaired) electrons. The molecule has 0 fully saturated rings. The molecule has 1 aromatic heterocycles. The van der Waals surface area contributed by atoms with Crippen molar-refractivity contribution in [1.82, 2.24) is 25.5 Å². The Morgan fingerprint density at radius 1 is 1.43 bits per heavy atom. The summed E-state index contributed by atoms with van der Waals surface area (Å²) in [5.41, 5.74) is 0.635. The molecule has 1 heterocycles. The van der Waals surface area contributed by atoms with Crippen molar-refractivity contribution in [2.75, 3.05) is 13.7 Å². The second-order valence-corrected chi connectivity index (χ2v) is 4.57. The molecule has 8 heteroatoms. The molecule has 1 aromatic carbocycles. The van der Waals surface area contributed by atoms with Gasteiger partial charge in [0, 0.05) is 18.7 Å². The summed E-state index contributed by atoms with van der Waals surface area (Å²) in [5.74, 6) is -0.229. The van der Waals surface area contributed by atoms with Crippen LogP contribution in [0.4, 0.5) is 4.39 Å². The van der Waals surface area contributed by atoms with Crippen LogP contribution in [0.2, 0.25) is 0 Å². The molecule has 1 atom stereocenters. The lowest BCUT2D eigenvalue weighted by molar-refractivity contribution is -0.123. The van der Waals surface area contributed by atoms with Gasteiger partial charge in [-0.1, -0.05) is 0 Å². The quantitative estimate of drug-likeness (QED) is 0.844. The molecule has 2 aromatic rings. The number of methoxy groups -OCH3 is 1. The molecule has 0 bridgehead atoms. The number of rotatable bonds is 6. The average molecular weight is 293 g/mol. The number of hydrogen-bond acceptors (Lipinski definition) is 5. The smallest absolute Gasteiger partial charge is 0.243 e. The van der Waals surface area contributed by atoms with E-state index in [1.807, 2.05) is 6.92 Å². The van der Waals surface area contributed by atoms with E-state index < -0.39 is 0 Å². The summed E-state index contributed by atoms with van der Waals surface area (Å²) >= 11 is 0. The van der Waals surface area contributed by atoms with Crippen molar-refractivity contribution in [3.05, 3.63) is 30.1 Å². The first-order chi connectivity index (χ1) is 10.1. The van der Waals surface area contributed by atoms with Crippen LogP contribution in [0.1, 0.15) is 6.92 Å². The van der Waals surface area contributed by atoms with Gasteiger partial charge in [-0.3, -0.25) is 4.79 Å². The molecule has 112 valence electrons. The lowest BCUT2D eigenvalue weighted by Gasteiger charge is -2.11. The van der Waals surface area contributed by atoms with Crippen LogP contribution in [-0.2, 0) is 16.1 Å². The molecule has 0 saturated heterocycles. The topological polar surface area (TPSA) is 81.9 Å². The lowest BCUT2D eigenvalue weighted by Crippen LogP contribution is -2.38. The van der Waals surface area contributed by atoms with Crippen LogP contribution in [0.15, 0.2) is 24.3 Å². The summed E-state index contributed by atoms with van der Waals surface area (Å²) < 4.78 is 17.8. The van der Waals surface area contributed by atoms with E-state index in [4.69, 9.17) is 4.74 Å². The van der Waals surface area contributed by atoms with Crippen molar-refractivity contribution in [2.45, 2.75) is 19.5 Å². The predicted molar refractivity (Wildman–Crippen MR) is 72.7 cm³/mol. The lowest BCUT2D eigenvalue weighted by atomic mass is 10.2. The minimum absolute atomic E-state index is 0.0394. The van der Waals surface area contributed by atoms with Gasteiger partial charge in [0.1, 0.15) is 12.4 Å². The molecular weight excluding hydrogens is 277 g/mol. The number of carbonyl (C=O) groups excluding carboxylic acids is 1. The third-order valence-electron chi connectivity index (χ3n) is 2.66. The zero-order valence-electron chi connectivity index (χ0n) is 11.8. The van der Waals surface area contributed by atoms with Gasteiger partial charge in [0.05, 0.1) is 6.61 Å². The zero-order chi connectivity index (χ0) is 15.2. The number of halogens is 1. The van der Waals surface area contributed by atoms with Gasteiger partial charge in [0.15, 0.2) is 0 Å². The number of carbonyl (C=O) groups is 1. The third kappa shape index (κ3) is 4.32.